The topological polar surface area (TPSA) is 111 Å². The molecule has 2 N–H and O–H groups in total. The molecule has 0 atom stereocenters. The van der Waals surface area contributed by atoms with Gasteiger partial charge in [0.15, 0.2) is 6.61 Å². The lowest BCUT2D eigenvalue weighted by atomic mass is 10.2. The summed E-state index contributed by atoms with van der Waals surface area (Å²) in [6.07, 6.45) is 0. The number of halogens is 1. The van der Waals surface area contributed by atoms with E-state index in [9.17, 15) is 19.7 Å². The van der Waals surface area contributed by atoms with Crippen LogP contribution < -0.4 is 15.6 Å². The summed E-state index contributed by atoms with van der Waals surface area (Å²) in [4.78, 5) is 33.6. The Bertz CT molecular complexity index is 825. The molecule has 0 fully saturated rings. The Morgan fingerprint density at radius 3 is 2.64 bits per heavy atom. The van der Waals surface area contributed by atoms with Crippen LogP contribution in [0.4, 0.5) is 5.69 Å². The van der Waals surface area contributed by atoms with Crippen LogP contribution in [-0.2, 0) is 4.79 Å². The number of amides is 2. The molecule has 0 saturated heterocycles. The first-order valence-electron chi connectivity index (χ1n) is 7.09. The van der Waals surface area contributed by atoms with E-state index >= 15 is 0 Å². The van der Waals surface area contributed by atoms with Crippen molar-refractivity contribution in [2.24, 2.45) is 0 Å². The number of hydrogen-bond acceptors (Lipinski definition) is 5. The van der Waals surface area contributed by atoms with Gasteiger partial charge in [0.2, 0.25) is 0 Å². The van der Waals surface area contributed by atoms with Crippen LogP contribution in [0.15, 0.2) is 42.5 Å². The highest BCUT2D eigenvalue weighted by atomic mass is 35.5. The van der Waals surface area contributed by atoms with Crippen molar-refractivity contribution in [3.8, 4) is 5.75 Å². The lowest BCUT2D eigenvalue weighted by Crippen LogP contribution is -2.43. The molecule has 2 rings (SSSR count). The second-order valence-electron chi connectivity index (χ2n) is 5.01. The molecule has 0 aliphatic heterocycles. The molecule has 0 unspecified atom stereocenters. The molecule has 0 aromatic heterocycles. The van der Waals surface area contributed by atoms with E-state index in [-0.39, 0.29) is 17.9 Å². The van der Waals surface area contributed by atoms with Gasteiger partial charge in [-0.1, -0.05) is 17.7 Å². The molecule has 25 heavy (non-hydrogen) atoms. The maximum atomic E-state index is 11.9. The number of benzene rings is 2. The summed E-state index contributed by atoms with van der Waals surface area (Å²) in [5.74, 6) is -0.812. The van der Waals surface area contributed by atoms with Crippen LogP contribution in [0.5, 0.6) is 5.75 Å². The normalized spacial score (nSPS) is 10.0. The fourth-order valence-electron chi connectivity index (χ4n) is 1.85. The number of rotatable bonds is 5. The number of ether oxygens (including phenoxy) is 1. The molecule has 130 valence electrons. The number of aryl methyl sites for hydroxylation is 1. The third-order valence-electron chi connectivity index (χ3n) is 3.13. The van der Waals surface area contributed by atoms with Crippen LogP contribution in [0.2, 0.25) is 5.02 Å². The lowest BCUT2D eigenvalue weighted by Gasteiger charge is -2.09. The summed E-state index contributed by atoms with van der Waals surface area (Å²) < 4.78 is 5.28. The van der Waals surface area contributed by atoms with Gasteiger partial charge in [-0.05, 0) is 36.8 Å². The summed E-state index contributed by atoms with van der Waals surface area (Å²) in [5, 5.41) is 11.3. The van der Waals surface area contributed by atoms with Gasteiger partial charge in [-0.2, -0.15) is 0 Å². The van der Waals surface area contributed by atoms with Crippen molar-refractivity contribution in [1.29, 1.82) is 0 Å². The average molecular weight is 364 g/mol. The molecule has 0 aliphatic carbocycles. The number of nitro groups is 1. The van der Waals surface area contributed by atoms with Crippen LogP contribution in [0.3, 0.4) is 0 Å². The summed E-state index contributed by atoms with van der Waals surface area (Å²) >= 11 is 5.89. The van der Waals surface area contributed by atoms with Gasteiger partial charge in [-0.25, -0.2) is 0 Å². The first-order chi connectivity index (χ1) is 11.9. The number of hydrogen-bond donors (Lipinski definition) is 2. The Hall–Kier alpha value is -3.13. The minimum atomic E-state index is -0.681. The van der Waals surface area contributed by atoms with E-state index in [4.69, 9.17) is 16.3 Å². The minimum Gasteiger partial charge on any atom is -0.484 e. The third-order valence-corrected chi connectivity index (χ3v) is 3.56. The smallest absolute Gasteiger partial charge is 0.276 e. The number of non-ortho nitro benzene ring substituents is 1. The second kappa shape index (κ2) is 8.11. The molecule has 8 nitrogen and oxygen atoms in total. The van der Waals surface area contributed by atoms with Gasteiger partial charge in [0.05, 0.1) is 4.92 Å². The van der Waals surface area contributed by atoms with Gasteiger partial charge < -0.3 is 4.74 Å². The maximum Gasteiger partial charge on any atom is 0.276 e. The Balaban J connectivity index is 1.85. The molecular weight excluding hydrogens is 350 g/mol. The number of hydrazine groups is 1. The predicted molar refractivity (Wildman–Crippen MR) is 90.4 cm³/mol. The zero-order chi connectivity index (χ0) is 18.4. The lowest BCUT2D eigenvalue weighted by molar-refractivity contribution is -0.384. The molecular formula is C16H14ClN3O5. The summed E-state index contributed by atoms with van der Waals surface area (Å²) in [6, 6.07) is 10.1. The van der Waals surface area contributed by atoms with E-state index in [1.807, 2.05) is 0 Å². The van der Waals surface area contributed by atoms with Crippen molar-refractivity contribution in [3.05, 3.63) is 68.7 Å². The third kappa shape index (κ3) is 5.18. The van der Waals surface area contributed by atoms with Crippen LogP contribution in [-0.4, -0.2) is 23.3 Å². The predicted octanol–water partition coefficient (Wildman–Crippen LogP) is 2.40. The Morgan fingerprint density at radius 1 is 1.20 bits per heavy atom. The van der Waals surface area contributed by atoms with Crippen molar-refractivity contribution in [1.82, 2.24) is 10.9 Å². The largest absolute Gasteiger partial charge is 0.484 e. The number of carbonyl (C=O) groups is 2. The highest BCUT2D eigenvalue weighted by Gasteiger charge is 2.12. The van der Waals surface area contributed by atoms with Crippen molar-refractivity contribution in [2.45, 2.75) is 6.92 Å². The SMILES string of the molecule is Cc1cc(OCC(=O)NNC(=O)c2cccc([N+](=O)[O-])c2)ccc1Cl. The van der Waals surface area contributed by atoms with Crippen LogP contribution >= 0.6 is 11.6 Å². The average Bonchev–Trinajstić information content (AvgIpc) is 2.60. The molecule has 0 aliphatic rings. The molecule has 9 heteroatoms. The monoisotopic (exact) mass is 363 g/mol. The van der Waals surface area contributed by atoms with Crippen LogP contribution in [0.25, 0.3) is 0 Å². The molecule has 0 radical (unpaired) electrons. The van der Waals surface area contributed by atoms with Gasteiger partial charge >= 0.3 is 0 Å². The summed E-state index contributed by atoms with van der Waals surface area (Å²) in [6.45, 7) is 1.48. The number of nitrogens with zero attached hydrogens (tertiary/aromatic N) is 1. The fraction of sp³-hybridized carbons (Fsp3) is 0.125. The van der Waals surface area contributed by atoms with E-state index in [2.05, 4.69) is 10.9 Å². The molecule has 2 aromatic rings. The number of nitro benzene ring substituents is 1. The van der Waals surface area contributed by atoms with E-state index in [1.54, 1.807) is 25.1 Å². The van der Waals surface area contributed by atoms with E-state index in [1.165, 1.54) is 18.2 Å². The van der Waals surface area contributed by atoms with Crippen LogP contribution in [0.1, 0.15) is 15.9 Å². The standard InChI is InChI=1S/C16H14ClN3O5/c1-10-7-13(5-6-14(10)17)25-9-15(21)18-19-16(22)11-3-2-4-12(8-11)20(23)24/h2-8H,9H2,1H3,(H,18,21)(H,19,22). The van der Waals surface area contributed by atoms with Crippen LogP contribution in [0, 0.1) is 17.0 Å². The quantitative estimate of drug-likeness (QED) is 0.626. The molecule has 0 heterocycles. The molecule has 0 saturated carbocycles. The molecule has 2 aromatic carbocycles. The van der Waals surface area contributed by atoms with Gasteiger partial charge in [0.25, 0.3) is 17.5 Å². The molecule has 0 bridgehead atoms. The first-order valence-corrected chi connectivity index (χ1v) is 7.47. The Labute approximate surface area is 147 Å². The van der Waals surface area contributed by atoms with Gasteiger partial charge in [0, 0.05) is 22.7 Å². The summed E-state index contributed by atoms with van der Waals surface area (Å²) in [7, 11) is 0. The Kier molecular flexibility index (Phi) is 5.91. The fourth-order valence-corrected chi connectivity index (χ4v) is 1.97. The second-order valence-corrected chi connectivity index (χ2v) is 5.42. The maximum absolute atomic E-state index is 11.9. The van der Waals surface area contributed by atoms with E-state index in [0.29, 0.717) is 10.8 Å². The highest BCUT2D eigenvalue weighted by Crippen LogP contribution is 2.20. The minimum absolute atomic E-state index is 0.0451. The zero-order valence-electron chi connectivity index (χ0n) is 13.1. The summed E-state index contributed by atoms with van der Waals surface area (Å²) in [5.41, 5.74) is 4.95. The van der Waals surface area contributed by atoms with Crippen molar-refractivity contribution in [2.75, 3.05) is 6.61 Å². The van der Waals surface area contributed by atoms with Crippen molar-refractivity contribution in [3.63, 3.8) is 0 Å². The van der Waals surface area contributed by atoms with E-state index < -0.39 is 16.7 Å². The molecule has 0 spiro atoms. The van der Waals surface area contributed by atoms with Gasteiger partial charge in [0.1, 0.15) is 5.75 Å². The van der Waals surface area contributed by atoms with Gasteiger partial charge in [-0.3, -0.25) is 30.6 Å². The Morgan fingerprint density at radius 2 is 1.96 bits per heavy atom. The van der Waals surface area contributed by atoms with E-state index in [0.717, 1.165) is 11.6 Å². The highest BCUT2D eigenvalue weighted by molar-refractivity contribution is 6.31. The molecule has 2 amide bonds. The van der Waals surface area contributed by atoms with Gasteiger partial charge in [-0.15, -0.1) is 0 Å². The first kappa shape index (κ1) is 18.2. The van der Waals surface area contributed by atoms with Crippen molar-refractivity contribution < 1.29 is 19.2 Å². The zero-order valence-corrected chi connectivity index (χ0v) is 13.9. The van der Waals surface area contributed by atoms with Crippen molar-refractivity contribution >= 4 is 29.1 Å². The number of carbonyl (C=O) groups excluding carboxylic acids is 2. The number of nitrogens with one attached hydrogen (secondary N) is 2.